The third-order valence-electron chi connectivity index (χ3n) is 9.69. The predicted octanol–water partition coefficient (Wildman–Crippen LogP) is 11.8. The van der Waals surface area contributed by atoms with Gasteiger partial charge in [0, 0.05) is 12.8 Å². The Labute approximate surface area is 340 Å². The molecular weight excluding hydrogens is 733 g/mol. The zero-order chi connectivity index (χ0) is 41.4. The van der Waals surface area contributed by atoms with E-state index in [0.29, 0.717) is 12.8 Å². The van der Waals surface area contributed by atoms with Gasteiger partial charge in [-0.25, -0.2) is 4.57 Å². The number of carboxylic acids is 1. The Bertz CT molecular complexity index is 1050. The van der Waals surface area contributed by atoms with Crippen molar-refractivity contribution in [2.24, 2.45) is 5.73 Å². The van der Waals surface area contributed by atoms with Gasteiger partial charge in [-0.05, 0) is 51.4 Å². The number of phosphoric acid groups is 1. The molecule has 3 atom stereocenters. The molecule has 0 aliphatic heterocycles. The summed E-state index contributed by atoms with van der Waals surface area (Å²) in [5, 5.41) is 8.89. The van der Waals surface area contributed by atoms with Gasteiger partial charge in [-0.3, -0.25) is 23.4 Å². The van der Waals surface area contributed by atoms with Crippen molar-refractivity contribution < 1.29 is 47.5 Å². The van der Waals surface area contributed by atoms with Crippen molar-refractivity contribution in [1.29, 1.82) is 0 Å². The number of carboxylic acid groups (broad SMARTS) is 1. The fourth-order valence-electron chi connectivity index (χ4n) is 6.14. The predicted molar refractivity (Wildman–Crippen MR) is 226 cm³/mol. The Kier molecular flexibility index (Phi) is 38.3. The molecule has 1 unspecified atom stereocenters. The number of phosphoric ester groups is 1. The monoisotopic (exact) mass is 816 g/mol. The molecule has 0 aromatic carbocycles. The molecule has 0 aliphatic carbocycles. The van der Waals surface area contributed by atoms with E-state index in [2.05, 4.69) is 36.6 Å². The number of esters is 2. The second kappa shape index (κ2) is 39.8. The summed E-state index contributed by atoms with van der Waals surface area (Å²) in [5.74, 6) is -2.43. The number of allylic oxidation sites excluding steroid dienone is 4. The average Bonchev–Trinajstić information content (AvgIpc) is 3.17. The van der Waals surface area contributed by atoms with Crippen molar-refractivity contribution in [3.63, 3.8) is 0 Å². The van der Waals surface area contributed by atoms with Crippen molar-refractivity contribution in [3.8, 4) is 0 Å². The van der Waals surface area contributed by atoms with Crippen LogP contribution in [-0.2, 0) is 37.5 Å². The zero-order valence-electron chi connectivity index (χ0n) is 35.5. The van der Waals surface area contributed by atoms with E-state index in [0.717, 1.165) is 32.1 Å². The van der Waals surface area contributed by atoms with E-state index in [9.17, 15) is 23.8 Å². The Morgan fingerprint density at radius 1 is 0.536 bits per heavy atom. The van der Waals surface area contributed by atoms with Crippen LogP contribution in [0.25, 0.3) is 0 Å². The van der Waals surface area contributed by atoms with Gasteiger partial charge in [-0.1, -0.05) is 167 Å². The first kappa shape index (κ1) is 54.0. The molecule has 0 heterocycles. The first-order valence-corrected chi connectivity index (χ1v) is 23.9. The summed E-state index contributed by atoms with van der Waals surface area (Å²) in [6, 6.07) is -1.52. The van der Waals surface area contributed by atoms with Crippen LogP contribution in [0.1, 0.15) is 206 Å². The molecule has 0 aromatic rings. The SMILES string of the molecule is CCCCCC/C=C/CCCCCCCCCCCC(=O)O[C@H](COC(=O)CC/C=C/CCCCCCCCCCCCC)COP(=O)(O)OC[C@H](N)C(=O)O. The van der Waals surface area contributed by atoms with Crippen molar-refractivity contribution in [2.45, 2.75) is 219 Å². The molecule has 328 valence electrons. The lowest BCUT2D eigenvalue weighted by molar-refractivity contribution is -0.161. The summed E-state index contributed by atoms with van der Waals surface area (Å²) in [6.07, 6.45) is 41.1. The summed E-state index contributed by atoms with van der Waals surface area (Å²) < 4.78 is 32.7. The highest BCUT2D eigenvalue weighted by atomic mass is 31.2. The minimum absolute atomic E-state index is 0.140. The van der Waals surface area contributed by atoms with Gasteiger partial charge in [-0.2, -0.15) is 0 Å². The Morgan fingerprint density at radius 3 is 1.39 bits per heavy atom. The van der Waals surface area contributed by atoms with Crippen molar-refractivity contribution in [3.05, 3.63) is 24.3 Å². The maximum absolute atomic E-state index is 12.6. The number of hydrogen-bond donors (Lipinski definition) is 3. The fourth-order valence-corrected chi connectivity index (χ4v) is 6.91. The summed E-state index contributed by atoms with van der Waals surface area (Å²) in [6.45, 7) is 2.77. The lowest BCUT2D eigenvalue weighted by Crippen LogP contribution is -2.34. The minimum Gasteiger partial charge on any atom is -0.480 e. The topological polar surface area (TPSA) is 172 Å². The van der Waals surface area contributed by atoms with Crippen molar-refractivity contribution >= 4 is 25.7 Å². The van der Waals surface area contributed by atoms with Gasteiger partial charge in [0.15, 0.2) is 6.10 Å². The Balaban J connectivity index is 4.37. The highest BCUT2D eigenvalue weighted by Crippen LogP contribution is 2.43. The van der Waals surface area contributed by atoms with Crippen LogP contribution in [-0.4, -0.2) is 59.9 Å². The molecule has 0 fully saturated rings. The number of aliphatic carboxylic acids is 1. The molecule has 56 heavy (non-hydrogen) atoms. The van der Waals surface area contributed by atoms with Gasteiger partial charge in [0.05, 0.1) is 13.2 Å². The van der Waals surface area contributed by atoms with Crippen LogP contribution in [0.5, 0.6) is 0 Å². The van der Waals surface area contributed by atoms with Crippen LogP contribution in [0.15, 0.2) is 24.3 Å². The first-order valence-electron chi connectivity index (χ1n) is 22.4. The number of nitrogens with two attached hydrogens (primary N) is 1. The first-order chi connectivity index (χ1) is 27.1. The third-order valence-corrected chi connectivity index (χ3v) is 10.6. The zero-order valence-corrected chi connectivity index (χ0v) is 36.4. The quantitative estimate of drug-likeness (QED) is 0.0232. The molecule has 0 saturated carbocycles. The Morgan fingerprint density at radius 2 is 0.929 bits per heavy atom. The molecule has 0 radical (unpaired) electrons. The number of ether oxygens (including phenoxy) is 2. The lowest BCUT2D eigenvalue weighted by Gasteiger charge is -2.20. The van der Waals surface area contributed by atoms with Crippen molar-refractivity contribution in [1.82, 2.24) is 0 Å². The van der Waals surface area contributed by atoms with Crippen LogP contribution in [0, 0.1) is 0 Å². The second-order valence-electron chi connectivity index (χ2n) is 15.2. The molecule has 0 aliphatic rings. The van der Waals surface area contributed by atoms with Gasteiger partial charge in [0.1, 0.15) is 12.6 Å². The van der Waals surface area contributed by atoms with Crippen LogP contribution >= 0.6 is 7.82 Å². The average molecular weight is 816 g/mol. The molecule has 0 amide bonds. The van der Waals surface area contributed by atoms with E-state index in [1.165, 1.54) is 135 Å². The number of hydrogen-bond acceptors (Lipinski definition) is 9. The van der Waals surface area contributed by atoms with E-state index in [-0.39, 0.29) is 19.4 Å². The highest BCUT2D eigenvalue weighted by Gasteiger charge is 2.28. The number of unbranched alkanes of at least 4 members (excludes halogenated alkanes) is 24. The molecule has 4 N–H and O–H groups in total. The standard InChI is InChI=1S/C44H82NO10P/c1-3-5-7-9-11-13-15-17-19-20-22-24-26-28-30-32-34-36-43(47)55-40(38-53-56(50,51)54-39-41(45)44(48)49)37-52-42(46)35-33-31-29-27-25-23-21-18-16-14-12-10-8-6-4-2/h13,15,29,31,40-41H,3-12,14,16-28,30,32-39,45H2,1-2H3,(H,48,49)(H,50,51)/b15-13+,31-29+/t40-,41+/m1/s1. The van der Waals surface area contributed by atoms with Gasteiger partial charge < -0.3 is 25.2 Å². The van der Waals surface area contributed by atoms with Crippen molar-refractivity contribution in [2.75, 3.05) is 19.8 Å². The summed E-state index contributed by atoms with van der Waals surface area (Å²) in [4.78, 5) is 45.9. The largest absolute Gasteiger partial charge is 0.480 e. The summed E-state index contributed by atoms with van der Waals surface area (Å²) in [5.41, 5.74) is 5.33. The number of carbonyl (C=O) groups is 3. The van der Waals surface area contributed by atoms with E-state index in [1.807, 2.05) is 6.08 Å². The van der Waals surface area contributed by atoms with E-state index < -0.39 is 51.1 Å². The van der Waals surface area contributed by atoms with Crippen LogP contribution in [0.3, 0.4) is 0 Å². The maximum atomic E-state index is 12.6. The molecule has 0 bridgehead atoms. The van der Waals surface area contributed by atoms with Gasteiger partial charge >= 0.3 is 25.7 Å². The normalized spacial score (nSPS) is 13.9. The summed E-state index contributed by atoms with van der Waals surface area (Å²) in [7, 11) is -4.72. The number of rotatable bonds is 42. The lowest BCUT2D eigenvalue weighted by atomic mass is 10.1. The van der Waals surface area contributed by atoms with Crippen LogP contribution in [0.2, 0.25) is 0 Å². The Hall–Kier alpha value is -2.04. The van der Waals surface area contributed by atoms with E-state index >= 15 is 0 Å². The molecular formula is C44H82NO10P. The van der Waals surface area contributed by atoms with Crippen LogP contribution < -0.4 is 5.73 Å². The minimum atomic E-state index is -4.72. The molecule has 0 rings (SSSR count). The van der Waals surface area contributed by atoms with Crippen LogP contribution in [0.4, 0.5) is 0 Å². The molecule has 0 spiro atoms. The molecule has 11 nitrogen and oxygen atoms in total. The molecule has 12 heteroatoms. The highest BCUT2D eigenvalue weighted by molar-refractivity contribution is 7.47. The molecule has 0 aromatic heterocycles. The second-order valence-corrected chi connectivity index (χ2v) is 16.6. The van der Waals surface area contributed by atoms with E-state index in [4.69, 9.17) is 24.8 Å². The third kappa shape index (κ3) is 38.8. The maximum Gasteiger partial charge on any atom is 0.472 e. The van der Waals surface area contributed by atoms with Gasteiger partial charge in [-0.15, -0.1) is 0 Å². The van der Waals surface area contributed by atoms with Gasteiger partial charge in [0.2, 0.25) is 0 Å². The van der Waals surface area contributed by atoms with Gasteiger partial charge in [0.25, 0.3) is 0 Å². The summed E-state index contributed by atoms with van der Waals surface area (Å²) >= 11 is 0. The number of carbonyl (C=O) groups excluding carboxylic acids is 2. The van der Waals surface area contributed by atoms with E-state index in [1.54, 1.807) is 0 Å². The fraction of sp³-hybridized carbons (Fsp3) is 0.841. The molecule has 0 saturated heterocycles. The smallest absolute Gasteiger partial charge is 0.472 e.